The SMILES string of the molecule is Cc1ccccc1O[C@H](C)CNC(=O)NCCc1nccs1. The van der Waals surface area contributed by atoms with E-state index in [1.165, 1.54) is 0 Å². The van der Waals surface area contributed by atoms with Crippen LogP contribution < -0.4 is 15.4 Å². The zero-order chi connectivity index (χ0) is 15.8. The highest BCUT2D eigenvalue weighted by Gasteiger charge is 2.08. The Kier molecular flexibility index (Phi) is 6.21. The summed E-state index contributed by atoms with van der Waals surface area (Å²) < 4.78 is 5.81. The topological polar surface area (TPSA) is 63.2 Å². The van der Waals surface area contributed by atoms with Gasteiger partial charge < -0.3 is 15.4 Å². The Hall–Kier alpha value is -2.08. The van der Waals surface area contributed by atoms with Gasteiger partial charge in [0.2, 0.25) is 0 Å². The fourth-order valence-electron chi connectivity index (χ4n) is 1.91. The Bertz CT molecular complexity index is 587. The van der Waals surface area contributed by atoms with Crippen LogP contribution in [0.2, 0.25) is 0 Å². The van der Waals surface area contributed by atoms with Crippen molar-refractivity contribution in [2.75, 3.05) is 13.1 Å². The number of carbonyl (C=O) groups excluding carboxylic acids is 1. The van der Waals surface area contributed by atoms with Crippen LogP contribution in [0.3, 0.4) is 0 Å². The lowest BCUT2D eigenvalue weighted by Gasteiger charge is -2.17. The zero-order valence-corrected chi connectivity index (χ0v) is 13.7. The van der Waals surface area contributed by atoms with Crippen molar-refractivity contribution in [3.05, 3.63) is 46.4 Å². The van der Waals surface area contributed by atoms with Gasteiger partial charge in [-0.05, 0) is 25.5 Å². The standard InChI is InChI=1S/C16H21N3O2S/c1-12-5-3-4-6-14(12)21-13(2)11-19-16(20)18-8-7-15-17-9-10-22-15/h3-6,9-10,13H,7-8,11H2,1-2H3,(H2,18,19,20)/t13-/m1/s1. The van der Waals surface area contributed by atoms with Crippen LogP contribution in [0.4, 0.5) is 4.79 Å². The molecule has 0 saturated carbocycles. The molecule has 0 aliphatic carbocycles. The van der Waals surface area contributed by atoms with Gasteiger partial charge >= 0.3 is 6.03 Å². The first-order valence-electron chi connectivity index (χ1n) is 7.27. The lowest BCUT2D eigenvalue weighted by atomic mass is 10.2. The van der Waals surface area contributed by atoms with Gasteiger partial charge in [-0.25, -0.2) is 9.78 Å². The zero-order valence-electron chi connectivity index (χ0n) is 12.8. The molecule has 5 nitrogen and oxygen atoms in total. The van der Waals surface area contributed by atoms with Crippen molar-refractivity contribution in [1.82, 2.24) is 15.6 Å². The monoisotopic (exact) mass is 319 g/mol. The van der Waals surface area contributed by atoms with Crippen molar-refractivity contribution >= 4 is 17.4 Å². The van der Waals surface area contributed by atoms with Crippen molar-refractivity contribution in [2.24, 2.45) is 0 Å². The van der Waals surface area contributed by atoms with Gasteiger partial charge in [0.05, 0.1) is 11.6 Å². The number of hydrogen-bond acceptors (Lipinski definition) is 4. The normalized spacial score (nSPS) is 11.7. The highest BCUT2D eigenvalue weighted by molar-refractivity contribution is 7.09. The summed E-state index contributed by atoms with van der Waals surface area (Å²) in [5.41, 5.74) is 1.09. The molecule has 22 heavy (non-hydrogen) atoms. The minimum atomic E-state index is -0.184. The van der Waals surface area contributed by atoms with Crippen molar-refractivity contribution < 1.29 is 9.53 Å². The average molecular weight is 319 g/mol. The predicted octanol–water partition coefficient (Wildman–Crippen LogP) is 2.76. The Balaban J connectivity index is 1.64. The highest BCUT2D eigenvalue weighted by Crippen LogP contribution is 2.17. The van der Waals surface area contributed by atoms with Crippen LogP contribution in [0, 0.1) is 6.92 Å². The number of nitrogens with zero attached hydrogens (tertiary/aromatic N) is 1. The number of benzene rings is 1. The average Bonchev–Trinajstić information content (AvgIpc) is 3.01. The van der Waals surface area contributed by atoms with Gasteiger partial charge in [0, 0.05) is 24.5 Å². The van der Waals surface area contributed by atoms with Gasteiger partial charge in [0.15, 0.2) is 0 Å². The lowest BCUT2D eigenvalue weighted by Crippen LogP contribution is -2.41. The van der Waals surface area contributed by atoms with Gasteiger partial charge in [-0.15, -0.1) is 11.3 Å². The molecule has 0 saturated heterocycles. The summed E-state index contributed by atoms with van der Waals surface area (Å²) in [5.74, 6) is 0.848. The third-order valence-electron chi connectivity index (χ3n) is 3.08. The number of ether oxygens (including phenoxy) is 1. The summed E-state index contributed by atoms with van der Waals surface area (Å²) in [6.45, 7) is 4.97. The largest absolute Gasteiger partial charge is 0.489 e. The minimum Gasteiger partial charge on any atom is -0.489 e. The van der Waals surface area contributed by atoms with Gasteiger partial charge in [-0.3, -0.25) is 0 Å². The van der Waals surface area contributed by atoms with Crippen molar-refractivity contribution in [1.29, 1.82) is 0 Å². The molecule has 0 aliphatic rings. The summed E-state index contributed by atoms with van der Waals surface area (Å²) in [6.07, 6.45) is 2.43. The van der Waals surface area contributed by atoms with Crippen LogP contribution in [0.5, 0.6) is 5.75 Å². The van der Waals surface area contributed by atoms with E-state index in [2.05, 4.69) is 15.6 Å². The molecule has 0 spiro atoms. The smallest absolute Gasteiger partial charge is 0.314 e. The Morgan fingerprint density at radius 2 is 2.18 bits per heavy atom. The number of rotatable bonds is 7. The molecule has 1 aromatic heterocycles. The van der Waals surface area contributed by atoms with Crippen molar-refractivity contribution in [2.45, 2.75) is 26.4 Å². The second kappa shape index (κ2) is 8.38. The summed E-state index contributed by atoms with van der Waals surface area (Å²) >= 11 is 1.59. The molecule has 2 rings (SSSR count). The molecule has 0 bridgehead atoms. The number of hydrogen-bond donors (Lipinski definition) is 2. The van der Waals surface area contributed by atoms with E-state index < -0.39 is 0 Å². The fraction of sp³-hybridized carbons (Fsp3) is 0.375. The van der Waals surface area contributed by atoms with Crippen LogP contribution in [0.25, 0.3) is 0 Å². The van der Waals surface area contributed by atoms with E-state index in [0.29, 0.717) is 13.1 Å². The van der Waals surface area contributed by atoms with E-state index in [0.717, 1.165) is 22.7 Å². The quantitative estimate of drug-likeness (QED) is 0.825. The van der Waals surface area contributed by atoms with Gasteiger partial charge in [0.1, 0.15) is 11.9 Å². The number of para-hydroxylation sites is 1. The molecule has 118 valence electrons. The molecule has 2 amide bonds. The molecular weight excluding hydrogens is 298 g/mol. The number of nitrogens with one attached hydrogen (secondary N) is 2. The Labute approximate surface area is 134 Å². The van der Waals surface area contributed by atoms with Gasteiger partial charge in [-0.2, -0.15) is 0 Å². The van der Waals surface area contributed by atoms with Crippen LogP contribution in [-0.2, 0) is 6.42 Å². The molecule has 6 heteroatoms. The van der Waals surface area contributed by atoms with Crippen LogP contribution in [0.1, 0.15) is 17.5 Å². The van der Waals surface area contributed by atoms with E-state index in [-0.39, 0.29) is 12.1 Å². The van der Waals surface area contributed by atoms with Crippen molar-refractivity contribution in [3.8, 4) is 5.75 Å². The highest BCUT2D eigenvalue weighted by atomic mass is 32.1. The molecule has 0 radical (unpaired) electrons. The lowest BCUT2D eigenvalue weighted by molar-refractivity contribution is 0.207. The van der Waals surface area contributed by atoms with E-state index >= 15 is 0 Å². The molecule has 0 unspecified atom stereocenters. The third-order valence-corrected chi connectivity index (χ3v) is 3.92. The first kappa shape index (κ1) is 16.3. The molecular formula is C16H21N3O2S. The third kappa shape index (κ3) is 5.37. The number of urea groups is 1. The fourth-order valence-corrected chi connectivity index (χ4v) is 2.53. The maximum Gasteiger partial charge on any atom is 0.314 e. The minimum absolute atomic E-state index is 0.0918. The molecule has 1 heterocycles. The molecule has 0 fully saturated rings. The maximum absolute atomic E-state index is 11.7. The number of amides is 2. The second-order valence-electron chi connectivity index (χ2n) is 5.01. The van der Waals surface area contributed by atoms with Gasteiger partial charge in [-0.1, -0.05) is 18.2 Å². The van der Waals surface area contributed by atoms with E-state index in [1.54, 1.807) is 17.5 Å². The van der Waals surface area contributed by atoms with E-state index in [1.807, 2.05) is 43.5 Å². The molecule has 1 atom stereocenters. The van der Waals surface area contributed by atoms with Crippen LogP contribution >= 0.6 is 11.3 Å². The summed E-state index contributed by atoms with van der Waals surface area (Å²) in [5, 5.41) is 8.58. The van der Waals surface area contributed by atoms with Gasteiger partial charge in [0.25, 0.3) is 0 Å². The van der Waals surface area contributed by atoms with E-state index in [4.69, 9.17) is 4.74 Å². The molecule has 2 N–H and O–H groups in total. The molecule has 1 aromatic carbocycles. The van der Waals surface area contributed by atoms with Crippen LogP contribution in [0.15, 0.2) is 35.8 Å². The Morgan fingerprint density at radius 1 is 1.36 bits per heavy atom. The number of aryl methyl sites for hydroxylation is 1. The summed E-state index contributed by atoms with van der Waals surface area (Å²) in [4.78, 5) is 15.9. The van der Waals surface area contributed by atoms with E-state index in [9.17, 15) is 4.79 Å². The van der Waals surface area contributed by atoms with Crippen LogP contribution in [-0.4, -0.2) is 30.2 Å². The number of thiazole rings is 1. The molecule has 0 aliphatic heterocycles. The summed E-state index contributed by atoms with van der Waals surface area (Å²) in [7, 11) is 0. The maximum atomic E-state index is 11.7. The number of aromatic nitrogens is 1. The predicted molar refractivity (Wildman–Crippen MR) is 88.5 cm³/mol. The first-order chi connectivity index (χ1) is 10.6. The summed E-state index contributed by atoms with van der Waals surface area (Å²) in [6, 6.07) is 7.66. The molecule has 2 aromatic rings. The first-order valence-corrected chi connectivity index (χ1v) is 8.15. The Morgan fingerprint density at radius 3 is 2.91 bits per heavy atom. The number of carbonyl (C=O) groups is 1. The van der Waals surface area contributed by atoms with Crippen molar-refractivity contribution in [3.63, 3.8) is 0 Å². The second-order valence-corrected chi connectivity index (χ2v) is 5.99.